The third-order valence-corrected chi connectivity index (χ3v) is 5.73. The molecule has 0 fully saturated rings. The number of hydrogen-bond acceptors (Lipinski definition) is 3. The molecule has 2 aromatic heterocycles. The van der Waals surface area contributed by atoms with Gasteiger partial charge in [0.1, 0.15) is 5.01 Å². The normalized spacial score (nSPS) is 11.5. The van der Waals surface area contributed by atoms with E-state index in [1.54, 1.807) is 18.4 Å². The van der Waals surface area contributed by atoms with Crippen molar-refractivity contribution >= 4 is 52.2 Å². The number of fused-ring (bicyclic) bond motifs is 1. The zero-order valence-electron chi connectivity index (χ0n) is 16.3. The van der Waals surface area contributed by atoms with E-state index in [9.17, 15) is 0 Å². The lowest BCUT2D eigenvalue weighted by Gasteiger charge is -2.10. The second-order valence-electron chi connectivity index (χ2n) is 6.36. The van der Waals surface area contributed by atoms with Gasteiger partial charge in [-0.1, -0.05) is 25.1 Å². The molecule has 0 saturated carbocycles. The summed E-state index contributed by atoms with van der Waals surface area (Å²) < 4.78 is 0. The lowest BCUT2D eigenvalue weighted by atomic mass is 10.1. The Balaban J connectivity index is 0.00000261. The minimum absolute atomic E-state index is 0. The summed E-state index contributed by atoms with van der Waals surface area (Å²) in [5, 5.41) is 9.15. The fraction of sp³-hybridized carbons (Fsp3) is 0.400. The van der Waals surface area contributed by atoms with E-state index in [0.29, 0.717) is 6.54 Å². The van der Waals surface area contributed by atoms with E-state index in [4.69, 9.17) is 0 Å². The number of benzene rings is 1. The van der Waals surface area contributed by atoms with Crippen molar-refractivity contribution in [2.75, 3.05) is 13.6 Å². The predicted octanol–water partition coefficient (Wildman–Crippen LogP) is 4.33. The number of halogens is 1. The van der Waals surface area contributed by atoms with E-state index in [-0.39, 0.29) is 24.0 Å². The Morgan fingerprint density at radius 3 is 2.70 bits per heavy atom. The number of nitrogens with zero attached hydrogens (tertiary/aromatic N) is 2. The van der Waals surface area contributed by atoms with E-state index >= 15 is 0 Å². The van der Waals surface area contributed by atoms with E-state index in [1.165, 1.54) is 26.9 Å². The highest BCUT2D eigenvalue weighted by atomic mass is 127. The number of aromatic nitrogens is 2. The first-order valence-electron chi connectivity index (χ1n) is 9.07. The summed E-state index contributed by atoms with van der Waals surface area (Å²) in [4.78, 5) is 13.6. The maximum absolute atomic E-state index is 4.56. The zero-order chi connectivity index (χ0) is 18.5. The molecule has 0 atom stereocenters. The van der Waals surface area contributed by atoms with Crippen molar-refractivity contribution in [3.8, 4) is 0 Å². The Kier molecular flexibility index (Phi) is 8.09. The minimum atomic E-state index is 0. The van der Waals surface area contributed by atoms with Crippen LogP contribution in [0, 0.1) is 13.8 Å². The van der Waals surface area contributed by atoms with Crippen molar-refractivity contribution < 1.29 is 0 Å². The zero-order valence-corrected chi connectivity index (χ0v) is 19.5. The third kappa shape index (κ3) is 5.22. The number of aliphatic imine (C=N–C) groups is 1. The van der Waals surface area contributed by atoms with Gasteiger partial charge in [0.05, 0.1) is 12.2 Å². The van der Waals surface area contributed by atoms with Crippen LogP contribution in [-0.2, 0) is 19.4 Å². The molecule has 0 spiro atoms. The average molecular weight is 497 g/mol. The van der Waals surface area contributed by atoms with Crippen LogP contribution in [0.5, 0.6) is 0 Å². The minimum Gasteiger partial charge on any atom is -0.361 e. The van der Waals surface area contributed by atoms with E-state index in [1.807, 2.05) is 6.92 Å². The molecule has 3 N–H and O–H groups in total. The summed E-state index contributed by atoms with van der Waals surface area (Å²) in [6.07, 6.45) is 4.12. The molecule has 0 saturated heterocycles. The molecule has 0 aliphatic rings. The van der Waals surface area contributed by atoms with E-state index in [0.717, 1.165) is 36.0 Å². The summed E-state index contributed by atoms with van der Waals surface area (Å²) >= 11 is 1.73. The van der Waals surface area contributed by atoms with Crippen LogP contribution in [0.3, 0.4) is 0 Å². The molecule has 3 rings (SSSR count). The number of hydrogen-bond donors (Lipinski definition) is 3. The molecule has 0 amide bonds. The van der Waals surface area contributed by atoms with Gasteiger partial charge in [0, 0.05) is 35.6 Å². The Morgan fingerprint density at radius 1 is 1.22 bits per heavy atom. The van der Waals surface area contributed by atoms with Crippen LogP contribution >= 0.6 is 35.3 Å². The van der Waals surface area contributed by atoms with Crippen LogP contribution < -0.4 is 10.6 Å². The lowest BCUT2D eigenvalue weighted by molar-refractivity contribution is 0.792. The van der Waals surface area contributed by atoms with Gasteiger partial charge < -0.3 is 15.6 Å². The van der Waals surface area contributed by atoms with Crippen LogP contribution in [0.4, 0.5) is 0 Å². The molecule has 0 aliphatic heterocycles. The molecular weight excluding hydrogens is 469 g/mol. The number of rotatable bonds is 6. The van der Waals surface area contributed by atoms with Crippen LogP contribution in [0.1, 0.15) is 33.6 Å². The molecule has 5 nitrogen and oxygen atoms in total. The monoisotopic (exact) mass is 497 g/mol. The molecular formula is C20H28IN5S. The van der Waals surface area contributed by atoms with Gasteiger partial charge in [-0.05, 0) is 37.8 Å². The maximum atomic E-state index is 4.56. The smallest absolute Gasteiger partial charge is 0.191 e. The second kappa shape index (κ2) is 10.1. The van der Waals surface area contributed by atoms with Gasteiger partial charge in [-0.3, -0.25) is 4.99 Å². The topological polar surface area (TPSA) is 65.1 Å². The molecule has 7 heteroatoms. The number of guanidine groups is 1. The van der Waals surface area contributed by atoms with Crippen LogP contribution in [0.2, 0.25) is 0 Å². The fourth-order valence-electron chi connectivity index (χ4n) is 3.09. The third-order valence-electron chi connectivity index (χ3n) is 4.66. The fourth-order valence-corrected chi connectivity index (χ4v) is 3.96. The Bertz CT molecular complexity index is 893. The predicted molar refractivity (Wildman–Crippen MR) is 127 cm³/mol. The highest BCUT2D eigenvalue weighted by Gasteiger charge is 2.08. The molecule has 3 aromatic rings. The number of thiazole rings is 1. The second-order valence-corrected chi connectivity index (χ2v) is 7.65. The highest BCUT2D eigenvalue weighted by molar-refractivity contribution is 14.0. The summed E-state index contributed by atoms with van der Waals surface area (Å²) in [5.74, 6) is 0.810. The molecule has 27 heavy (non-hydrogen) atoms. The highest BCUT2D eigenvalue weighted by Crippen LogP contribution is 2.22. The number of nitrogens with one attached hydrogen (secondary N) is 3. The van der Waals surface area contributed by atoms with E-state index < -0.39 is 0 Å². The van der Waals surface area contributed by atoms with Crippen molar-refractivity contribution in [1.29, 1.82) is 0 Å². The van der Waals surface area contributed by atoms with Crippen molar-refractivity contribution in [2.45, 2.75) is 40.2 Å². The van der Waals surface area contributed by atoms with Crippen molar-refractivity contribution in [2.24, 2.45) is 4.99 Å². The van der Waals surface area contributed by atoms with Crippen LogP contribution in [0.25, 0.3) is 10.9 Å². The van der Waals surface area contributed by atoms with Crippen LogP contribution in [0.15, 0.2) is 29.4 Å². The van der Waals surface area contributed by atoms with Crippen molar-refractivity contribution in [1.82, 2.24) is 20.6 Å². The molecule has 2 heterocycles. The first-order chi connectivity index (χ1) is 12.6. The molecule has 0 bridgehead atoms. The molecule has 0 radical (unpaired) electrons. The van der Waals surface area contributed by atoms with Gasteiger partial charge in [0.15, 0.2) is 5.96 Å². The Hall–Kier alpha value is -1.61. The number of aryl methyl sites for hydroxylation is 3. The molecule has 146 valence electrons. The van der Waals surface area contributed by atoms with Gasteiger partial charge in [0.25, 0.3) is 0 Å². The van der Waals surface area contributed by atoms with Gasteiger partial charge in [0.2, 0.25) is 0 Å². The SMILES string of the molecule is CCc1cccc2c(CCNC(=NC)NCc3nc(C)c(C)s3)c[nH]c12.I. The van der Waals surface area contributed by atoms with Gasteiger partial charge >= 0.3 is 0 Å². The van der Waals surface area contributed by atoms with Crippen molar-refractivity contribution in [3.05, 3.63) is 51.1 Å². The molecule has 0 aliphatic carbocycles. The summed E-state index contributed by atoms with van der Waals surface area (Å²) in [6.45, 7) is 7.88. The van der Waals surface area contributed by atoms with E-state index in [2.05, 4.69) is 63.8 Å². The number of aromatic amines is 1. The summed E-state index contributed by atoms with van der Waals surface area (Å²) in [7, 11) is 1.80. The molecule has 1 aromatic carbocycles. The van der Waals surface area contributed by atoms with Gasteiger partial charge in [-0.2, -0.15) is 0 Å². The largest absolute Gasteiger partial charge is 0.361 e. The first-order valence-corrected chi connectivity index (χ1v) is 9.89. The first kappa shape index (κ1) is 21.7. The van der Waals surface area contributed by atoms with Crippen molar-refractivity contribution in [3.63, 3.8) is 0 Å². The average Bonchev–Trinajstić information content (AvgIpc) is 3.21. The van der Waals surface area contributed by atoms with Gasteiger partial charge in [-0.25, -0.2) is 4.98 Å². The standard InChI is InChI=1S/C20H27N5S.HI/c1-5-15-7-6-8-17-16(11-23-19(15)17)9-10-22-20(21-4)24-12-18-25-13(2)14(3)26-18;/h6-8,11,23H,5,9-10,12H2,1-4H3,(H2,21,22,24);1H. The Morgan fingerprint density at radius 2 is 2.04 bits per heavy atom. The number of para-hydroxylation sites is 1. The summed E-state index contributed by atoms with van der Waals surface area (Å²) in [5.41, 5.74) is 5.08. The maximum Gasteiger partial charge on any atom is 0.191 e. The Labute approximate surface area is 182 Å². The van der Waals surface area contributed by atoms with Crippen LogP contribution in [-0.4, -0.2) is 29.5 Å². The molecule has 0 unspecified atom stereocenters. The van der Waals surface area contributed by atoms with Gasteiger partial charge in [-0.15, -0.1) is 35.3 Å². The summed E-state index contributed by atoms with van der Waals surface area (Å²) in [6, 6.07) is 6.53. The lowest BCUT2D eigenvalue weighted by Crippen LogP contribution is -2.37. The number of H-pyrrole nitrogens is 1. The quantitative estimate of drug-likeness (QED) is 0.270.